The molecule has 1 heterocycles. The fourth-order valence-electron chi connectivity index (χ4n) is 2.64. The van der Waals surface area contributed by atoms with Crippen molar-refractivity contribution in [3.05, 3.63) is 75.6 Å². The first-order valence-electron chi connectivity index (χ1n) is 7.58. The Kier molecular flexibility index (Phi) is 4.13. The second kappa shape index (κ2) is 6.39. The molecule has 0 spiro atoms. The van der Waals surface area contributed by atoms with Crippen molar-refractivity contribution in [1.82, 2.24) is 4.98 Å². The monoisotopic (exact) mass is 317 g/mol. The van der Waals surface area contributed by atoms with Crippen molar-refractivity contribution in [3.8, 4) is 6.07 Å². The molecule has 0 aliphatic heterocycles. The van der Waals surface area contributed by atoms with Crippen LogP contribution in [0.1, 0.15) is 28.4 Å². The molecule has 0 radical (unpaired) electrons. The summed E-state index contributed by atoms with van der Waals surface area (Å²) in [6.45, 7) is 1.99. The van der Waals surface area contributed by atoms with Gasteiger partial charge in [-0.2, -0.15) is 5.26 Å². The van der Waals surface area contributed by atoms with Crippen LogP contribution in [0.2, 0.25) is 0 Å². The van der Waals surface area contributed by atoms with Crippen LogP contribution in [0.4, 0.5) is 5.69 Å². The van der Waals surface area contributed by atoms with Gasteiger partial charge in [0.05, 0.1) is 17.1 Å². The predicted octanol–water partition coefficient (Wildman–Crippen LogP) is 3.21. The van der Waals surface area contributed by atoms with Gasteiger partial charge in [0, 0.05) is 22.7 Å². The van der Waals surface area contributed by atoms with E-state index < -0.39 is 0 Å². The van der Waals surface area contributed by atoms with E-state index in [1.807, 2.05) is 19.1 Å². The van der Waals surface area contributed by atoms with Crippen LogP contribution in [0, 0.1) is 11.3 Å². The Morgan fingerprint density at radius 3 is 2.79 bits per heavy atom. The Morgan fingerprint density at radius 1 is 1.21 bits per heavy atom. The van der Waals surface area contributed by atoms with Gasteiger partial charge in [0.1, 0.15) is 0 Å². The van der Waals surface area contributed by atoms with Crippen molar-refractivity contribution in [1.29, 1.82) is 5.26 Å². The van der Waals surface area contributed by atoms with Crippen molar-refractivity contribution in [2.24, 2.45) is 0 Å². The maximum atomic E-state index is 12.3. The zero-order chi connectivity index (χ0) is 17.1. The third kappa shape index (κ3) is 3.03. The number of carbonyl (C=O) groups is 1. The third-order valence-electron chi connectivity index (χ3n) is 3.82. The number of aromatic nitrogens is 1. The number of nitriles is 1. The van der Waals surface area contributed by atoms with Crippen LogP contribution in [0.5, 0.6) is 0 Å². The number of rotatable bonds is 3. The highest BCUT2D eigenvalue weighted by Crippen LogP contribution is 2.20. The molecule has 118 valence electrons. The van der Waals surface area contributed by atoms with Crippen molar-refractivity contribution in [3.63, 3.8) is 0 Å². The normalized spacial score (nSPS) is 10.3. The summed E-state index contributed by atoms with van der Waals surface area (Å²) < 4.78 is 0. The number of nitrogens with zero attached hydrogens (tertiary/aromatic N) is 1. The van der Waals surface area contributed by atoms with E-state index in [0.29, 0.717) is 22.3 Å². The summed E-state index contributed by atoms with van der Waals surface area (Å²) in [5.41, 5.74) is 2.91. The molecule has 0 atom stereocenters. The number of aryl methyl sites for hydroxylation is 1. The van der Waals surface area contributed by atoms with Crippen LogP contribution < -0.4 is 10.9 Å². The largest absolute Gasteiger partial charge is 0.322 e. The molecule has 3 rings (SSSR count). The van der Waals surface area contributed by atoms with Crippen LogP contribution in [0.25, 0.3) is 10.9 Å². The third-order valence-corrected chi connectivity index (χ3v) is 3.82. The summed E-state index contributed by atoms with van der Waals surface area (Å²) in [4.78, 5) is 26.8. The van der Waals surface area contributed by atoms with Gasteiger partial charge in [-0.15, -0.1) is 0 Å². The van der Waals surface area contributed by atoms with E-state index in [1.165, 1.54) is 6.07 Å². The zero-order valence-electron chi connectivity index (χ0n) is 13.1. The standard InChI is InChI=1S/C19H15N3O2/c1-2-13-9-18(23)22-17-10-15(6-7-16(13)17)21-19(24)14-5-3-4-12(8-14)11-20/h3-10H,2H2,1H3,(H,21,24)(H,22,23). The van der Waals surface area contributed by atoms with Gasteiger partial charge in [0.25, 0.3) is 5.91 Å². The molecule has 2 aromatic carbocycles. The van der Waals surface area contributed by atoms with Crippen LogP contribution >= 0.6 is 0 Å². The summed E-state index contributed by atoms with van der Waals surface area (Å²) >= 11 is 0. The summed E-state index contributed by atoms with van der Waals surface area (Å²) in [6.07, 6.45) is 0.757. The minimum absolute atomic E-state index is 0.162. The summed E-state index contributed by atoms with van der Waals surface area (Å²) in [6, 6.07) is 15.5. The fraction of sp³-hybridized carbons (Fsp3) is 0.105. The van der Waals surface area contributed by atoms with Crippen molar-refractivity contribution >= 4 is 22.5 Å². The van der Waals surface area contributed by atoms with Gasteiger partial charge in [-0.1, -0.05) is 19.1 Å². The van der Waals surface area contributed by atoms with Gasteiger partial charge >= 0.3 is 0 Å². The molecule has 24 heavy (non-hydrogen) atoms. The van der Waals surface area contributed by atoms with E-state index in [1.54, 1.807) is 36.4 Å². The lowest BCUT2D eigenvalue weighted by molar-refractivity contribution is 0.102. The molecule has 2 N–H and O–H groups in total. The average molecular weight is 317 g/mol. The molecule has 0 fully saturated rings. The predicted molar refractivity (Wildman–Crippen MR) is 93.1 cm³/mol. The maximum Gasteiger partial charge on any atom is 0.255 e. The summed E-state index contributed by atoms with van der Waals surface area (Å²) in [5, 5.41) is 12.7. The first-order valence-corrected chi connectivity index (χ1v) is 7.58. The number of hydrogen-bond donors (Lipinski definition) is 2. The first kappa shape index (κ1) is 15.5. The van der Waals surface area contributed by atoms with Gasteiger partial charge in [-0.25, -0.2) is 0 Å². The van der Waals surface area contributed by atoms with Crippen LogP contribution in [-0.4, -0.2) is 10.9 Å². The number of nitrogens with one attached hydrogen (secondary N) is 2. The molecule has 3 aromatic rings. The average Bonchev–Trinajstić information content (AvgIpc) is 2.60. The molecule has 0 saturated heterocycles. The van der Waals surface area contributed by atoms with Crippen molar-refractivity contribution < 1.29 is 4.79 Å². The highest BCUT2D eigenvalue weighted by Gasteiger charge is 2.08. The Hall–Kier alpha value is -3.39. The van der Waals surface area contributed by atoms with Gasteiger partial charge in [-0.05, 0) is 42.3 Å². The highest BCUT2D eigenvalue weighted by atomic mass is 16.1. The van der Waals surface area contributed by atoms with E-state index in [0.717, 1.165) is 17.4 Å². The maximum absolute atomic E-state index is 12.3. The lowest BCUT2D eigenvalue weighted by atomic mass is 10.1. The molecule has 5 heteroatoms. The minimum Gasteiger partial charge on any atom is -0.322 e. The number of amides is 1. The molecule has 0 aliphatic rings. The van der Waals surface area contributed by atoms with Gasteiger partial charge in [-0.3, -0.25) is 9.59 Å². The molecule has 0 saturated carbocycles. The Morgan fingerprint density at radius 2 is 2.04 bits per heavy atom. The number of anilines is 1. The topological polar surface area (TPSA) is 85.8 Å². The van der Waals surface area contributed by atoms with Gasteiger partial charge < -0.3 is 10.3 Å². The van der Waals surface area contributed by atoms with Crippen LogP contribution in [0.15, 0.2) is 53.3 Å². The molecular formula is C19H15N3O2. The number of carbonyl (C=O) groups excluding carboxylic acids is 1. The summed E-state index contributed by atoms with van der Waals surface area (Å²) in [5.74, 6) is -0.305. The van der Waals surface area contributed by atoms with Gasteiger partial charge in [0.15, 0.2) is 0 Å². The number of aromatic amines is 1. The number of fused-ring (bicyclic) bond motifs is 1. The number of H-pyrrole nitrogens is 1. The lowest BCUT2D eigenvalue weighted by Gasteiger charge is -2.09. The van der Waals surface area contributed by atoms with Crippen LogP contribution in [-0.2, 0) is 6.42 Å². The zero-order valence-corrected chi connectivity index (χ0v) is 13.1. The Bertz CT molecular complexity index is 1030. The second-order valence-corrected chi connectivity index (χ2v) is 5.42. The second-order valence-electron chi connectivity index (χ2n) is 5.42. The number of pyridine rings is 1. The first-order chi connectivity index (χ1) is 11.6. The molecular weight excluding hydrogens is 302 g/mol. The number of hydrogen-bond acceptors (Lipinski definition) is 3. The summed E-state index contributed by atoms with van der Waals surface area (Å²) in [7, 11) is 0. The SMILES string of the molecule is CCc1cc(=O)[nH]c2cc(NC(=O)c3cccc(C#N)c3)ccc12. The number of benzene rings is 2. The van der Waals surface area contributed by atoms with E-state index >= 15 is 0 Å². The van der Waals surface area contributed by atoms with E-state index in [-0.39, 0.29) is 11.5 Å². The molecule has 0 aliphatic carbocycles. The van der Waals surface area contributed by atoms with Gasteiger partial charge in [0.2, 0.25) is 5.56 Å². The molecule has 1 aromatic heterocycles. The fourth-order valence-corrected chi connectivity index (χ4v) is 2.64. The van der Waals surface area contributed by atoms with E-state index in [9.17, 15) is 9.59 Å². The van der Waals surface area contributed by atoms with Crippen molar-refractivity contribution in [2.45, 2.75) is 13.3 Å². The quantitative estimate of drug-likeness (QED) is 0.777. The Balaban J connectivity index is 1.94. The Labute approximate surface area is 138 Å². The highest BCUT2D eigenvalue weighted by molar-refractivity contribution is 6.05. The van der Waals surface area contributed by atoms with E-state index in [4.69, 9.17) is 5.26 Å². The molecule has 5 nitrogen and oxygen atoms in total. The molecule has 0 unspecified atom stereocenters. The van der Waals surface area contributed by atoms with Crippen molar-refractivity contribution in [2.75, 3.05) is 5.32 Å². The van der Waals surface area contributed by atoms with Crippen LogP contribution in [0.3, 0.4) is 0 Å². The lowest BCUT2D eigenvalue weighted by Crippen LogP contribution is -2.12. The smallest absolute Gasteiger partial charge is 0.255 e. The molecule has 0 bridgehead atoms. The molecule has 1 amide bonds. The van der Waals surface area contributed by atoms with E-state index in [2.05, 4.69) is 10.3 Å². The minimum atomic E-state index is -0.305.